The predicted octanol–water partition coefficient (Wildman–Crippen LogP) is 3.19. The van der Waals surface area contributed by atoms with Crippen LogP contribution in [-0.4, -0.2) is 16.6 Å². The third-order valence-electron chi connectivity index (χ3n) is 3.91. The molecule has 4 heteroatoms. The number of hydrogen-bond acceptors (Lipinski definition) is 3. The van der Waals surface area contributed by atoms with Gasteiger partial charge in [-0.3, -0.25) is 4.79 Å². The first-order chi connectivity index (χ1) is 10.2. The summed E-state index contributed by atoms with van der Waals surface area (Å²) in [6, 6.07) is 11.2. The van der Waals surface area contributed by atoms with Crippen LogP contribution in [0.2, 0.25) is 0 Å². The predicted molar refractivity (Wildman–Crippen MR) is 84.3 cm³/mol. The van der Waals surface area contributed by atoms with Gasteiger partial charge in [0.1, 0.15) is 11.4 Å². The largest absolute Gasteiger partial charge is 0.505 e. The van der Waals surface area contributed by atoms with Crippen LogP contribution in [0.4, 0.5) is 11.4 Å². The Bertz CT molecular complexity index is 675. The average Bonchev–Trinajstić information content (AvgIpc) is 3.27. The van der Waals surface area contributed by atoms with Crippen LogP contribution in [-0.2, 0) is 6.42 Å². The molecule has 1 saturated carbocycles. The molecule has 1 aliphatic carbocycles. The number of hydrogen-bond donors (Lipinski definition) is 2. The summed E-state index contributed by atoms with van der Waals surface area (Å²) in [6.07, 6.45) is 3.23. The lowest BCUT2D eigenvalue weighted by Gasteiger charge is -2.26. The van der Waals surface area contributed by atoms with Crippen LogP contribution >= 0.6 is 0 Å². The zero-order valence-electron chi connectivity index (χ0n) is 12.2. The lowest BCUT2D eigenvalue weighted by molar-refractivity contribution is 0.472. The Labute approximate surface area is 124 Å². The molecule has 21 heavy (non-hydrogen) atoms. The molecule has 0 bridgehead atoms. The van der Waals surface area contributed by atoms with Gasteiger partial charge >= 0.3 is 0 Å². The Morgan fingerprint density at radius 2 is 2.00 bits per heavy atom. The Hall–Kier alpha value is -2.23. The molecule has 3 rings (SSSR count). The maximum absolute atomic E-state index is 11.7. The highest BCUT2D eigenvalue weighted by atomic mass is 16.3. The topological polar surface area (TPSA) is 56.3 Å². The van der Waals surface area contributed by atoms with Gasteiger partial charge in [0.2, 0.25) is 0 Å². The molecule has 2 N–H and O–H groups in total. The van der Waals surface area contributed by atoms with Crippen LogP contribution in [0.5, 0.6) is 5.75 Å². The number of H-pyrrole nitrogens is 1. The van der Waals surface area contributed by atoms with Gasteiger partial charge in [0.05, 0.1) is 0 Å². The van der Waals surface area contributed by atoms with Crippen molar-refractivity contribution in [1.29, 1.82) is 0 Å². The van der Waals surface area contributed by atoms with Crippen LogP contribution < -0.4 is 10.5 Å². The number of anilines is 2. The van der Waals surface area contributed by atoms with E-state index in [0.717, 1.165) is 30.0 Å². The summed E-state index contributed by atoms with van der Waals surface area (Å²) in [5.74, 6) is 0.691. The van der Waals surface area contributed by atoms with Crippen molar-refractivity contribution >= 4 is 11.4 Å². The van der Waals surface area contributed by atoms with E-state index in [1.807, 2.05) is 42.2 Å². The fourth-order valence-electron chi connectivity index (χ4n) is 2.73. The first-order valence-corrected chi connectivity index (χ1v) is 7.46. The van der Waals surface area contributed by atoms with Crippen LogP contribution in [0, 0.1) is 5.92 Å². The van der Waals surface area contributed by atoms with Crippen molar-refractivity contribution in [1.82, 2.24) is 4.98 Å². The van der Waals surface area contributed by atoms with E-state index in [1.165, 1.54) is 18.9 Å². The maximum Gasteiger partial charge on any atom is 0.251 e. The maximum atomic E-state index is 11.7. The normalized spacial score (nSPS) is 14.1. The molecule has 1 aliphatic rings. The molecule has 0 amide bonds. The monoisotopic (exact) mass is 284 g/mol. The molecule has 1 aromatic heterocycles. The molecule has 4 nitrogen and oxygen atoms in total. The Morgan fingerprint density at radius 3 is 2.62 bits per heavy atom. The Kier molecular flexibility index (Phi) is 3.69. The van der Waals surface area contributed by atoms with Crippen LogP contribution in [0.3, 0.4) is 0 Å². The number of aromatic hydroxyl groups is 1. The number of aromatic amines is 1. The second kappa shape index (κ2) is 5.64. The van der Waals surface area contributed by atoms with Crippen LogP contribution in [0.1, 0.15) is 25.5 Å². The number of aromatic nitrogens is 1. The molecule has 0 radical (unpaired) electrons. The molecule has 1 fully saturated rings. The fourth-order valence-corrected chi connectivity index (χ4v) is 2.73. The van der Waals surface area contributed by atoms with Crippen molar-refractivity contribution in [2.75, 3.05) is 11.4 Å². The highest BCUT2D eigenvalue weighted by Gasteiger charge is 2.26. The van der Waals surface area contributed by atoms with E-state index in [0.29, 0.717) is 5.92 Å². The van der Waals surface area contributed by atoms with E-state index >= 15 is 0 Å². The summed E-state index contributed by atoms with van der Waals surface area (Å²) in [4.78, 5) is 16.6. The third-order valence-corrected chi connectivity index (χ3v) is 3.91. The van der Waals surface area contributed by atoms with Crippen molar-refractivity contribution in [2.45, 2.75) is 26.2 Å². The zero-order chi connectivity index (χ0) is 14.8. The highest BCUT2D eigenvalue weighted by molar-refractivity contribution is 5.70. The molecule has 1 heterocycles. The van der Waals surface area contributed by atoms with E-state index in [1.54, 1.807) is 0 Å². The molecular weight excluding hydrogens is 264 g/mol. The zero-order valence-corrected chi connectivity index (χ0v) is 12.2. The summed E-state index contributed by atoms with van der Waals surface area (Å²) < 4.78 is 0. The first kappa shape index (κ1) is 13.7. The van der Waals surface area contributed by atoms with Gasteiger partial charge in [0, 0.05) is 24.0 Å². The molecule has 0 aliphatic heterocycles. The van der Waals surface area contributed by atoms with Crippen molar-refractivity contribution in [3.8, 4) is 5.75 Å². The number of pyridine rings is 1. The second-order valence-electron chi connectivity index (χ2n) is 5.57. The van der Waals surface area contributed by atoms with Crippen LogP contribution in [0.25, 0.3) is 0 Å². The second-order valence-corrected chi connectivity index (χ2v) is 5.57. The summed E-state index contributed by atoms with van der Waals surface area (Å²) in [5.41, 5.74) is 2.35. The van der Waals surface area contributed by atoms with Gasteiger partial charge in [0.25, 0.3) is 5.56 Å². The van der Waals surface area contributed by atoms with Crippen molar-refractivity contribution in [3.63, 3.8) is 0 Å². The molecule has 2 aromatic rings. The molecule has 1 aromatic carbocycles. The molecular formula is C17H20N2O2. The first-order valence-electron chi connectivity index (χ1n) is 7.46. The minimum absolute atomic E-state index is 0.0557. The summed E-state index contributed by atoms with van der Waals surface area (Å²) in [7, 11) is 0. The standard InChI is InChI=1S/C17H20N2O2/c1-2-19(13-6-4-3-5-7-13)17-14(10-12-8-9-12)18-16(21)11-15(17)20/h3-7,11-12H,2,8-10H2,1H3,(H2,18,20,21). The minimum Gasteiger partial charge on any atom is -0.505 e. The number of para-hydroxylation sites is 1. The van der Waals surface area contributed by atoms with E-state index in [2.05, 4.69) is 4.98 Å². The lowest BCUT2D eigenvalue weighted by Crippen LogP contribution is -2.21. The lowest BCUT2D eigenvalue weighted by atomic mass is 10.1. The number of nitrogens with one attached hydrogen (secondary N) is 1. The summed E-state index contributed by atoms with van der Waals surface area (Å²) in [5, 5.41) is 10.3. The van der Waals surface area contributed by atoms with Gasteiger partial charge in [-0.15, -0.1) is 0 Å². The van der Waals surface area contributed by atoms with Crippen molar-refractivity contribution in [3.05, 3.63) is 52.4 Å². The van der Waals surface area contributed by atoms with Gasteiger partial charge in [-0.05, 0) is 44.2 Å². The number of nitrogens with zero attached hydrogens (tertiary/aromatic N) is 1. The van der Waals surface area contributed by atoms with Crippen molar-refractivity contribution in [2.24, 2.45) is 5.92 Å². The van der Waals surface area contributed by atoms with E-state index in [-0.39, 0.29) is 11.3 Å². The van der Waals surface area contributed by atoms with E-state index in [4.69, 9.17) is 0 Å². The molecule has 110 valence electrons. The highest BCUT2D eigenvalue weighted by Crippen LogP contribution is 2.39. The van der Waals surface area contributed by atoms with E-state index < -0.39 is 0 Å². The quantitative estimate of drug-likeness (QED) is 0.886. The number of benzene rings is 1. The van der Waals surface area contributed by atoms with Gasteiger partial charge in [0.15, 0.2) is 0 Å². The summed E-state index contributed by atoms with van der Waals surface area (Å²) in [6.45, 7) is 2.76. The minimum atomic E-state index is -0.240. The van der Waals surface area contributed by atoms with Gasteiger partial charge < -0.3 is 15.0 Å². The van der Waals surface area contributed by atoms with Gasteiger partial charge in [-0.1, -0.05) is 18.2 Å². The average molecular weight is 284 g/mol. The Balaban J connectivity index is 2.08. The third kappa shape index (κ3) is 2.94. The molecule has 0 spiro atoms. The van der Waals surface area contributed by atoms with Gasteiger partial charge in [-0.25, -0.2) is 0 Å². The molecule has 0 saturated heterocycles. The number of rotatable bonds is 5. The Morgan fingerprint density at radius 1 is 1.29 bits per heavy atom. The molecule has 0 unspecified atom stereocenters. The fraction of sp³-hybridized carbons (Fsp3) is 0.353. The van der Waals surface area contributed by atoms with Gasteiger partial charge in [-0.2, -0.15) is 0 Å². The summed E-state index contributed by atoms with van der Waals surface area (Å²) >= 11 is 0. The van der Waals surface area contributed by atoms with Crippen molar-refractivity contribution < 1.29 is 5.11 Å². The smallest absolute Gasteiger partial charge is 0.251 e. The SMILES string of the molecule is CCN(c1ccccc1)c1c(O)cc(=O)[nH]c1CC1CC1. The molecule has 0 atom stereocenters. The van der Waals surface area contributed by atoms with E-state index in [9.17, 15) is 9.90 Å². The van der Waals surface area contributed by atoms with Crippen LogP contribution in [0.15, 0.2) is 41.2 Å².